The van der Waals surface area contributed by atoms with Crippen LogP contribution in [-0.4, -0.2) is 31.0 Å². The van der Waals surface area contributed by atoms with Gasteiger partial charge >= 0.3 is 185 Å². The fourth-order valence-electron chi connectivity index (χ4n) is 2.97. The van der Waals surface area contributed by atoms with E-state index in [1.807, 2.05) is 17.5 Å². The monoisotopic (exact) mass is 447 g/mol. The van der Waals surface area contributed by atoms with Crippen molar-refractivity contribution in [3.8, 4) is 0 Å². The van der Waals surface area contributed by atoms with Gasteiger partial charge in [-0.3, -0.25) is 0 Å². The number of hydrogen-bond donors (Lipinski definition) is 1. The zero-order valence-corrected chi connectivity index (χ0v) is 18.6. The molecule has 2 aromatic heterocycles. The van der Waals surface area contributed by atoms with Gasteiger partial charge in [-0.15, -0.1) is 0 Å². The molecule has 0 aliphatic rings. The average Bonchev–Trinajstić information content (AvgIpc) is 3.41. The van der Waals surface area contributed by atoms with Crippen molar-refractivity contribution in [1.29, 1.82) is 0 Å². The maximum atomic E-state index is 13.8. The fourth-order valence-corrected chi connectivity index (χ4v) is 3.68. The number of thiophene rings is 1. The Morgan fingerprint density at radius 2 is 2.03 bits per heavy atom. The van der Waals surface area contributed by atoms with Crippen molar-refractivity contribution in [2.24, 2.45) is 0 Å². The molecule has 31 heavy (non-hydrogen) atoms. The van der Waals surface area contributed by atoms with E-state index in [0.29, 0.717) is 30.5 Å². The minimum atomic E-state index is -4.51. The van der Waals surface area contributed by atoms with Gasteiger partial charge in [0, 0.05) is 0 Å². The molecule has 0 aromatic carbocycles. The van der Waals surface area contributed by atoms with Crippen LogP contribution in [0.2, 0.25) is 0 Å². The standard InChI is InChI=1S/C23H25BF3NO2S/c1-4-17(18-9-11-30-15-18)13-21(23(25,26)27)16(3)24-19(5-2)8-10-28-22(29)14-20-7-6-12-31-20/h4-7,9,11-13,15H,8,10,14H2,1-3H3,(H,28,29)/b17-4+,19-5-,21-13+. The number of carbonyl (C=O) groups excluding carboxylic acids is 1. The zero-order valence-electron chi connectivity index (χ0n) is 17.8. The molecule has 164 valence electrons. The number of hydrogen-bond acceptors (Lipinski definition) is 3. The molecule has 0 atom stereocenters. The summed E-state index contributed by atoms with van der Waals surface area (Å²) in [5.74, 6) is -0.104. The molecule has 0 unspecified atom stereocenters. The quantitative estimate of drug-likeness (QED) is 0.391. The van der Waals surface area contributed by atoms with Crippen LogP contribution in [0.5, 0.6) is 0 Å². The Hall–Kier alpha value is -2.61. The normalized spacial score (nSPS) is 13.9. The van der Waals surface area contributed by atoms with E-state index in [-0.39, 0.29) is 11.4 Å². The molecule has 1 amide bonds. The Morgan fingerprint density at radius 3 is 2.58 bits per heavy atom. The van der Waals surface area contributed by atoms with E-state index in [2.05, 4.69) is 5.32 Å². The SMILES string of the molecule is C\C=C(/B=C(C)\C(=C/C(=C\C)c1ccoc1)C(F)(F)F)CCNC(=O)Cc1cccs1. The second-order valence-electron chi connectivity index (χ2n) is 6.86. The summed E-state index contributed by atoms with van der Waals surface area (Å²) in [6, 6.07) is 5.40. The predicted molar refractivity (Wildman–Crippen MR) is 122 cm³/mol. The molecule has 0 aliphatic heterocycles. The molecule has 0 fully saturated rings. The molecule has 0 aliphatic carbocycles. The third-order valence-corrected chi connectivity index (χ3v) is 5.50. The first kappa shape index (κ1) is 24.7. The van der Waals surface area contributed by atoms with E-state index in [4.69, 9.17) is 4.42 Å². The molecule has 2 heterocycles. The van der Waals surface area contributed by atoms with Gasteiger partial charge in [-0.25, -0.2) is 0 Å². The molecule has 0 radical (unpaired) electrons. The van der Waals surface area contributed by atoms with Crippen molar-refractivity contribution in [2.75, 3.05) is 6.54 Å². The molecule has 1 N–H and O–H groups in total. The molecule has 0 saturated heterocycles. The van der Waals surface area contributed by atoms with E-state index < -0.39 is 11.7 Å². The van der Waals surface area contributed by atoms with Crippen LogP contribution < -0.4 is 5.32 Å². The van der Waals surface area contributed by atoms with Gasteiger partial charge in [-0.05, 0) is 0 Å². The van der Waals surface area contributed by atoms with Crippen LogP contribution in [0.15, 0.2) is 69.8 Å². The molecule has 0 saturated carbocycles. The minimum absolute atomic E-state index is 0.104. The molecular weight excluding hydrogens is 422 g/mol. The first-order chi connectivity index (χ1) is 14.7. The third-order valence-electron chi connectivity index (χ3n) is 4.62. The van der Waals surface area contributed by atoms with Crippen LogP contribution in [-0.2, 0) is 11.2 Å². The Labute approximate surface area is 185 Å². The van der Waals surface area contributed by atoms with Gasteiger partial charge in [-0.2, -0.15) is 0 Å². The number of furan rings is 1. The van der Waals surface area contributed by atoms with Crippen LogP contribution in [0.4, 0.5) is 13.2 Å². The van der Waals surface area contributed by atoms with Gasteiger partial charge in [0.2, 0.25) is 0 Å². The van der Waals surface area contributed by atoms with E-state index >= 15 is 0 Å². The van der Waals surface area contributed by atoms with Crippen LogP contribution in [0.25, 0.3) is 5.57 Å². The summed E-state index contributed by atoms with van der Waals surface area (Å²) in [6.07, 6.45) is 3.58. The van der Waals surface area contributed by atoms with Gasteiger partial charge in [-0.1, -0.05) is 0 Å². The second kappa shape index (κ2) is 11.7. The number of carbonyl (C=O) groups is 1. The number of nitrogens with one attached hydrogen (secondary N) is 1. The topological polar surface area (TPSA) is 42.2 Å². The molecule has 8 heteroatoms. The van der Waals surface area contributed by atoms with E-state index in [1.165, 1.54) is 37.7 Å². The van der Waals surface area contributed by atoms with Crippen molar-refractivity contribution >= 4 is 35.2 Å². The van der Waals surface area contributed by atoms with Crippen molar-refractivity contribution in [1.82, 2.24) is 5.32 Å². The number of allylic oxidation sites excluding steroid dienone is 5. The van der Waals surface area contributed by atoms with Crippen molar-refractivity contribution in [2.45, 2.75) is 39.8 Å². The Balaban J connectivity index is 2.09. The number of halogens is 3. The van der Waals surface area contributed by atoms with Crippen molar-refractivity contribution in [3.05, 3.63) is 75.8 Å². The van der Waals surface area contributed by atoms with E-state index in [1.54, 1.807) is 32.1 Å². The van der Waals surface area contributed by atoms with Gasteiger partial charge in [0.15, 0.2) is 0 Å². The molecular formula is C23H25BF3NO2S. The summed E-state index contributed by atoms with van der Waals surface area (Å²) in [4.78, 5) is 13.0. The van der Waals surface area contributed by atoms with Crippen LogP contribution in [0.3, 0.4) is 0 Å². The Morgan fingerprint density at radius 1 is 1.26 bits per heavy atom. The number of alkyl halides is 3. The number of rotatable bonds is 9. The Kier molecular flexibility index (Phi) is 9.31. The van der Waals surface area contributed by atoms with Gasteiger partial charge in [0.1, 0.15) is 0 Å². The number of amides is 1. The molecule has 2 aromatic rings. The molecule has 0 bridgehead atoms. The zero-order chi connectivity index (χ0) is 22.9. The molecule has 2 rings (SSSR count). The first-order valence-electron chi connectivity index (χ1n) is 9.85. The second-order valence-corrected chi connectivity index (χ2v) is 7.89. The van der Waals surface area contributed by atoms with Crippen molar-refractivity contribution < 1.29 is 22.4 Å². The van der Waals surface area contributed by atoms with Gasteiger partial charge in [0.25, 0.3) is 0 Å². The summed E-state index contributed by atoms with van der Waals surface area (Å²) in [5.41, 5.74) is 1.11. The third kappa shape index (κ3) is 7.87. The average molecular weight is 447 g/mol. The van der Waals surface area contributed by atoms with Gasteiger partial charge < -0.3 is 0 Å². The van der Waals surface area contributed by atoms with Gasteiger partial charge in [0.05, 0.1) is 0 Å². The van der Waals surface area contributed by atoms with E-state index in [0.717, 1.165) is 16.4 Å². The summed E-state index contributed by atoms with van der Waals surface area (Å²) < 4.78 is 46.3. The van der Waals surface area contributed by atoms with E-state index in [9.17, 15) is 18.0 Å². The predicted octanol–water partition coefficient (Wildman–Crippen LogP) is 5.78. The Bertz CT molecular complexity index is 969. The van der Waals surface area contributed by atoms with Crippen molar-refractivity contribution in [3.63, 3.8) is 0 Å². The molecule has 0 spiro atoms. The summed E-state index contributed by atoms with van der Waals surface area (Å²) >= 11 is 1.51. The summed E-state index contributed by atoms with van der Waals surface area (Å²) in [6.45, 7) is 6.77. The van der Waals surface area contributed by atoms with Crippen LogP contribution in [0.1, 0.15) is 37.6 Å². The molecule has 3 nitrogen and oxygen atoms in total. The van der Waals surface area contributed by atoms with Crippen LogP contribution in [0, 0.1) is 0 Å². The first-order valence-corrected chi connectivity index (χ1v) is 10.7. The fraction of sp³-hybridized carbons (Fsp3) is 0.304. The maximum absolute atomic E-state index is 13.8. The summed E-state index contributed by atoms with van der Waals surface area (Å²) in [5, 5.41) is 4.73. The summed E-state index contributed by atoms with van der Waals surface area (Å²) in [7, 11) is 0. The van der Waals surface area contributed by atoms with Crippen LogP contribution >= 0.6 is 11.3 Å².